The molecule has 3 unspecified atom stereocenters. The molecule has 0 heterocycles. The zero-order chi connectivity index (χ0) is 25.3. The van der Waals surface area contributed by atoms with Crippen molar-refractivity contribution >= 4 is 11.9 Å². The molecule has 2 aromatic carbocycles. The number of nitrogens with one attached hydrogen (secondary N) is 2. The Kier molecular flexibility index (Phi) is 10.2. The molecular formula is C23H32N2O9+2. The van der Waals surface area contributed by atoms with Crippen LogP contribution in [0.2, 0.25) is 0 Å². The van der Waals surface area contributed by atoms with Crippen LogP contribution < -0.4 is 9.80 Å². The Hall–Kier alpha value is -3.22. The van der Waals surface area contributed by atoms with Crippen LogP contribution in [0.5, 0.6) is 11.5 Å². The van der Waals surface area contributed by atoms with Gasteiger partial charge in [-0.3, -0.25) is 0 Å². The van der Waals surface area contributed by atoms with Crippen molar-refractivity contribution < 1.29 is 55.1 Å². The topological polar surface area (TPSA) is 185 Å². The van der Waals surface area contributed by atoms with E-state index in [1.807, 2.05) is 0 Å². The number of phenols is 2. The van der Waals surface area contributed by atoms with Gasteiger partial charge < -0.3 is 45.5 Å². The number of quaternary nitrogens is 2. The van der Waals surface area contributed by atoms with Crippen LogP contribution in [-0.2, 0) is 35.9 Å². The average molecular weight is 481 g/mol. The Labute approximate surface area is 196 Å². The van der Waals surface area contributed by atoms with Crippen LogP contribution >= 0.6 is 0 Å². The monoisotopic (exact) mass is 480 g/mol. The summed E-state index contributed by atoms with van der Waals surface area (Å²) in [5, 5.41) is 67.9. The fourth-order valence-electron chi connectivity index (χ4n) is 3.90. The van der Waals surface area contributed by atoms with Crippen molar-refractivity contribution in [1.82, 2.24) is 0 Å². The summed E-state index contributed by atoms with van der Waals surface area (Å²) in [6.07, 6.45) is 0. The second kappa shape index (κ2) is 12.9. The van der Waals surface area contributed by atoms with Crippen molar-refractivity contribution in [2.45, 2.75) is 32.3 Å². The summed E-state index contributed by atoms with van der Waals surface area (Å²) >= 11 is 0. The number of hydrogen-bond acceptors (Lipinski definition) is 7. The van der Waals surface area contributed by atoms with E-state index in [4.69, 9.17) is 0 Å². The minimum Gasteiger partial charge on any atom is -0.507 e. The molecule has 0 aliphatic rings. The molecule has 0 aromatic heterocycles. The molecule has 11 nitrogen and oxygen atoms in total. The maximum Gasteiger partial charge on any atom is 0.359 e. The number of carbonyl (C=O) groups is 2. The molecule has 0 aliphatic heterocycles. The van der Waals surface area contributed by atoms with E-state index in [0.29, 0.717) is 32.1 Å². The smallest absolute Gasteiger partial charge is 0.359 e. The van der Waals surface area contributed by atoms with E-state index in [2.05, 4.69) is 0 Å². The minimum atomic E-state index is -1.14. The highest BCUT2D eigenvalue weighted by atomic mass is 16.4. The molecule has 0 saturated heterocycles. The Morgan fingerprint density at radius 3 is 1.94 bits per heavy atom. The third kappa shape index (κ3) is 7.97. The number of rotatable bonds is 14. The summed E-state index contributed by atoms with van der Waals surface area (Å²) < 4.78 is 0. The van der Waals surface area contributed by atoms with Crippen LogP contribution in [0.3, 0.4) is 0 Å². The van der Waals surface area contributed by atoms with Gasteiger partial charge in [-0.1, -0.05) is 12.1 Å². The minimum absolute atomic E-state index is 0.0218. The van der Waals surface area contributed by atoms with Crippen LogP contribution in [0, 0.1) is 0 Å². The number of phenolic OH excluding ortho intramolecular Hbond substituents is 2. The molecule has 3 atom stereocenters. The lowest BCUT2D eigenvalue weighted by Crippen LogP contribution is -3.23. The van der Waals surface area contributed by atoms with Gasteiger partial charge in [0.2, 0.25) is 0 Å². The Morgan fingerprint density at radius 1 is 0.765 bits per heavy atom. The van der Waals surface area contributed by atoms with Gasteiger partial charge in [-0.15, -0.1) is 0 Å². The summed E-state index contributed by atoms with van der Waals surface area (Å²) in [5.41, 5.74) is 1.86. The van der Waals surface area contributed by atoms with Gasteiger partial charge in [-0.05, 0) is 35.4 Å². The number of benzene rings is 2. The van der Waals surface area contributed by atoms with Crippen molar-refractivity contribution in [2.24, 2.45) is 0 Å². The molecule has 0 spiro atoms. The first-order valence-corrected chi connectivity index (χ1v) is 10.7. The van der Waals surface area contributed by atoms with Crippen molar-refractivity contribution in [3.8, 4) is 11.5 Å². The van der Waals surface area contributed by atoms with Crippen LogP contribution in [0.25, 0.3) is 0 Å². The number of aliphatic hydroxyl groups is 3. The number of hydrogen-bond donors (Lipinski definition) is 9. The maximum absolute atomic E-state index is 11.5. The third-order valence-corrected chi connectivity index (χ3v) is 5.63. The van der Waals surface area contributed by atoms with E-state index < -0.39 is 31.1 Å². The molecule has 34 heavy (non-hydrogen) atoms. The maximum atomic E-state index is 11.5. The molecular weight excluding hydrogens is 448 g/mol. The van der Waals surface area contributed by atoms with Crippen LogP contribution in [0.4, 0.5) is 0 Å². The molecule has 0 fully saturated rings. The van der Waals surface area contributed by atoms with Gasteiger partial charge in [0.25, 0.3) is 0 Å². The third-order valence-electron chi connectivity index (χ3n) is 5.63. The SMILES string of the molecule is O=C(O)C[NH+](Cc1ccc(CO)cc1O)CC(CO)[NH+](CC(=O)O)Cc1cc(CO)ccc1O. The van der Waals surface area contributed by atoms with Gasteiger partial charge in [-0.2, -0.15) is 0 Å². The fraction of sp³-hybridized carbons (Fsp3) is 0.391. The zero-order valence-corrected chi connectivity index (χ0v) is 18.6. The molecule has 0 bridgehead atoms. The zero-order valence-electron chi connectivity index (χ0n) is 18.6. The molecule has 186 valence electrons. The highest BCUT2D eigenvalue weighted by Gasteiger charge is 2.31. The van der Waals surface area contributed by atoms with Crippen molar-refractivity contribution in [3.63, 3.8) is 0 Å². The lowest BCUT2D eigenvalue weighted by molar-refractivity contribution is -0.983. The van der Waals surface area contributed by atoms with Gasteiger partial charge in [0.1, 0.15) is 37.7 Å². The number of aliphatic carboxylic acids is 2. The number of aromatic hydroxyl groups is 2. The lowest BCUT2D eigenvalue weighted by Gasteiger charge is -2.29. The Bertz CT molecular complexity index is 983. The van der Waals surface area contributed by atoms with E-state index in [0.717, 1.165) is 0 Å². The molecule has 0 aliphatic carbocycles. The van der Waals surface area contributed by atoms with Crippen molar-refractivity contribution in [2.75, 3.05) is 26.2 Å². The standard InChI is InChI=1S/C23H30N2O9/c26-12-15-2-4-20(29)18(5-15)8-25(11-23(33)34)19(14-28)9-24(10-22(31)32)7-17-3-1-16(13-27)6-21(17)30/h1-6,19,26-30H,7-14H2,(H,31,32)(H,33,34)/p+2. The summed E-state index contributed by atoms with van der Waals surface area (Å²) in [7, 11) is 0. The van der Waals surface area contributed by atoms with Gasteiger partial charge in [0, 0.05) is 11.1 Å². The van der Waals surface area contributed by atoms with E-state index in [1.165, 1.54) is 18.2 Å². The lowest BCUT2D eigenvalue weighted by atomic mass is 10.1. The Balaban J connectivity index is 2.29. The summed E-state index contributed by atoms with van der Waals surface area (Å²) in [6.45, 7) is -1.53. The van der Waals surface area contributed by atoms with E-state index >= 15 is 0 Å². The molecule has 0 radical (unpaired) electrons. The molecule has 9 N–H and O–H groups in total. The molecule has 0 saturated carbocycles. The molecule has 0 amide bonds. The number of carboxylic acids is 2. The van der Waals surface area contributed by atoms with E-state index in [1.54, 1.807) is 18.2 Å². The van der Waals surface area contributed by atoms with Gasteiger partial charge in [0.05, 0.1) is 13.2 Å². The van der Waals surface area contributed by atoms with Crippen LogP contribution in [-0.4, -0.2) is 80.0 Å². The van der Waals surface area contributed by atoms with Crippen LogP contribution in [0.15, 0.2) is 36.4 Å². The summed E-state index contributed by atoms with van der Waals surface area (Å²) in [6, 6.07) is 8.35. The fourth-order valence-corrected chi connectivity index (χ4v) is 3.90. The van der Waals surface area contributed by atoms with Gasteiger partial charge in [-0.25, -0.2) is 9.59 Å². The van der Waals surface area contributed by atoms with E-state index in [9.17, 15) is 45.3 Å². The molecule has 2 rings (SSSR count). The predicted octanol–water partition coefficient (Wildman–Crippen LogP) is -2.92. The predicted molar refractivity (Wildman–Crippen MR) is 118 cm³/mol. The summed E-state index contributed by atoms with van der Waals surface area (Å²) in [4.78, 5) is 23.9. The first kappa shape index (κ1) is 27.0. The normalized spacial score (nSPS) is 13.9. The highest BCUT2D eigenvalue weighted by Crippen LogP contribution is 2.19. The Morgan fingerprint density at radius 2 is 1.38 bits per heavy atom. The summed E-state index contributed by atoms with van der Waals surface area (Å²) in [5.74, 6) is -2.43. The van der Waals surface area contributed by atoms with Gasteiger partial charge in [0.15, 0.2) is 19.1 Å². The second-order valence-corrected chi connectivity index (χ2v) is 8.23. The quantitative estimate of drug-likeness (QED) is 0.137. The largest absolute Gasteiger partial charge is 0.507 e. The number of carboxylic acid groups (broad SMARTS) is 2. The highest BCUT2D eigenvalue weighted by molar-refractivity contribution is 5.68. The second-order valence-electron chi connectivity index (χ2n) is 8.23. The molecule has 11 heteroatoms. The average Bonchev–Trinajstić information content (AvgIpc) is 2.78. The first-order chi connectivity index (χ1) is 16.2. The van der Waals surface area contributed by atoms with Crippen LogP contribution in [0.1, 0.15) is 22.3 Å². The first-order valence-electron chi connectivity index (χ1n) is 10.7. The number of aliphatic hydroxyl groups excluding tert-OH is 3. The molecule has 2 aromatic rings. The van der Waals surface area contributed by atoms with Crippen molar-refractivity contribution in [1.29, 1.82) is 0 Å². The van der Waals surface area contributed by atoms with E-state index in [-0.39, 0.29) is 50.9 Å². The van der Waals surface area contributed by atoms with Crippen molar-refractivity contribution in [3.05, 3.63) is 58.7 Å². The van der Waals surface area contributed by atoms with Gasteiger partial charge >= 0.3 is 11.9 Å².